The van der Waals surface area contributed by atoms with Crippen LogP contribution in [0.5, 0.6) is 0 Å². The number of nitrogens with zero attached hydrogens (tertiary/aromatic N) is 2. The van der Waals surface area contributed by atoms with Gasteiger partial charge in [-0.05, 0) is 6.92 Å². The van der Waals surface area contributed by atoms with Gasteiger partial charge in [0.15, 0.2) is 0 Å². The van der Waals surface area contributed by atoms with E-state index in [0.717, 1.165) is 11.6 Å². The molecule has 2 N–H and O–H groups in total. The van der Waals surface area contributed by atoms with Crippen LogP contribution in [0.4, 0.5) is 5.13 Å². The first-order chi connectivity index (χ1) is 7.74. The van der Waals surface area contributed by atoms with Gasteiger partial charge in [0, 0.05) is 19.0 Å². The first-order valence-corrected chi connectivity index (χ1v) is 5.97. The zero-order valence-corrected chi connectivity index (χ0v) is 9.84. The first-order valence-electron chi connectivity index (χ1n) is 5.15. The third-order valence-corrected chi connectivity index (χ3v) is 2.96. The minimum absolute atomic E-state index is 0.0563. The Hall–Kier alpha value is -1.05. The Morgan fingerprint density at radius 3 is 3.19 bits per heavy atom. The van der Waals surface area contributed by atoms with Gasteiger partial charge in [0.1, 0.15) is 5.01 Å². The van der Waals surface area contributed by atoms with Gasteiger partial charge in [-0.2, -0.15) is 0 Å². The van der Waals surface area contributed by atoms with Crippen molar-refractivity contribution in [1.82, 2.24) is 15.5 Å². The molecule has 0 aliphatic carbocycles. The molecule has 1 unspecified atom stereocenters. The zero-order chi connectivity index (χ0) is 11.4. The van der Waals surface area contributed by atoms with Gasteiger partial charge < -0.3 is 15.4 Å². The van der Waals surface area contributed by atoms with Crippen LogP contribution >= 0.6 is 11.3 Å². The summed E-state index contributed by atoms with van der Waals surface area (Å²) in [6.45, 7) is 3.95. The van der Waals surface area contributed by atoms with E-state index >= 15 is 0 Å². The summed E-state index contributed by atoms with van der Waals surface area (Å²) in [4.78, 5) is 11.6. The van der Waals surface area contributed by atoms with Crippen LogP contribution in [-0.2, 0) is 9.53 Å². The third-order valence-electron chi connectivity index (χ3n) is 2.20. The van der Waals surface area contributed by atoms with Crippen LogP contribution in [0.1, 0.15) is 11.4 Å². The molecule has 6 nitrogen and oxygen atoms in total. The van der Waals surface area contributed by atoms with Crippen molar-refractivity contribution in [1.29, 1.82) is 0 Å². The lowest BCUT2D eigenvalue weighted by atomic mass is 10.2. The van der Waals surface area contributed by atoms with E-state index < -0.39 is 0 Å². The highest BCUT2D eigenvalue weighted by atomic mass is 32.1. The van der Waals surface area contributed by atoms with E-state index in [9.17, 15) is 4.79 Å². The molecule has 0 saturated carbocycles. The van der Waals surface area contributed by atoms with Gasteiger partial charge in [-0.25, -0.2) is 0 Å². The number of hydrogen-bond acceptors (Lipinski definition) is 6. The molecule has 0 aromatic carbocycles. The van der Waals surface area contributed by atoms with E-state index in [2.05, 4.69) is 20.8 Å². The van der Waals surface area contributed by atoms with Crippen molar-refractivity contribution >= 4 is 22.4 Å². The largest absolute Gasteiger partial charge is 0.378 e. The monoisotopic (exact) mass is 242 g/mol. The summed E-state index contributed by atoms with van der Waals surface area (Å²) in [7, 11) is 0. The predicted molar refractivity (Wildman–Crippen MR) is 60.5 cm³/mol. The Morgan fingerprint density at radius 2 is 2.56 bits per heavy atom. The lowest BCUT2D eigenvalue weighted by Gasteiger charge is -2.22. The number of carbonyl (C=O) groups is 1. The van der Waals surface area contributed by atoms with Gasteiger partial charge in [-0.1, -0.05) is 11.3 Å². The zero-order valence-electron chi connectivity index (χ0n) is 9.02. The minimum Gasteiger partial charge on any atom is -0.378 e. The quantitative estimate of drug-likeness (QED) is 0.790. The SMILES string of the molecule is Cc1nnc(NC(=O)CC2COCCN2)s1. The van der Waals surface area contributed by atoms with E-state index in [1.807, 2.05) is 6.92 Å². The predicted octanol–water partition coefficient (Wildman–Crippen LogP) is 0.164. The molecule has 16 heavy (non-hydrogen) atoms. The molecule has 1 aromatic rings. The highest BCUT2D eigenvalue weighted by Gasteiger charge is 2.17. The Bertz CT molecular complexity index is 362. The molecule has 1 aromatic heterocycles. The molecule has 1 amide bonds. The highest BCUT2D eigenvalue weighted by Crippen LogP contribution is 2.14. The molecule has 1 fully saturated rings. The summed E-state index contributed by atoms with van der Waals surface area (Å²) in [6.07, 6.45) is 0.401. The fourth-order valence-corrected chi connectivity index (χ4v) is 2.10. The molecular formula is C9H14N4O2S. The number of anilines is 1. The standard InChI is InChI=1S/C9H14N4O2S/c1-6-12-13-9(16-6)11-8(14)4-7-5-15-3-2-10-7/h7,10H,2-5H2,1H3,(H,11,13,14). The second-order valence-electron chi connectivity index (χ2n) is 3.60. The molecule has 1 atom stereocenters. The molecule has 7 heteroatoms. The van der Waals surface area contributed by atoms with Crippen molar-refractivity contribution in [3.8, 4) is 0 Å². The number of carbonyl (C=O) groups excluding carboxylic acids is 1. The van der Waals surface area contributed by atoms with Crippen molar-refractivity contribution in [2.75, 3.05) is 25.1 Å². The number of aromatic nitrogens is 2. The fraction of sp³-hybridized carbons (Fsp3) is 0.667. The van der Waals surface area contributed by atoms with Crippen LogP contribution in [-0.4, -0.2) is 41.9 Å². The number of aryl methyl sites for hydroxylation is 1. The summed E-state index contributed by atoms with van der Waals surface area (Å²) < 4.78 is 5.27. The normalized spacial score (nSPS) is 20.7. The van der Waals surface area contributed by atoms with Crippen LogP contribution < -0.4 is 10.6 Å². The maximum atomic E-state index is 11.6. The molecule has 0 bridgehead atoms. The number of nitrogens with one attached hydrogen (secondary N) is 2. The van der Waals surface area contributed by atoms with Crippen LogP contribution in [0.15, 0.2) is 0 Å². The molecule has 2 heterocycles. The molecule has 88 valence electrons. The maximum absolute atomic E-state index is 11.6. The molecular weight excluding hydrogens is 228 g/mol. The molecule has 1 aliphatic rings. The number of hydrogen-bond donors (Lipinski definition) is 2. The Morgan fingerprint density at radius 1 is 1.69 bits per heavy atom. The molecule has 0 spiro atoms. The van der Waals surface area contributed by atoms with Crippen molar-refractivity contribution in [3.63, 3.8) is 0 Å². The minimum atomic E-state index is -0.0563. The molecule has 2 rings (SSSR count). The van der Waals surface area contributed by atoms with Crippen molar-refractivity contribution in [3.05, 3.63) is 5.01 Å². The van der Waals surface area contributed by atoms with Gasteiger partial charge in [0.05, 0.1) is 13.2 Å². The molecule has 1 saturated heterocycles. The van der Waals surface area contributed by atoms with E-state index in [4.69, 9.17) is 4.74 Å². The number of rotatable bonds is 3. The fourth-order valence-electron chi connectivity index (χ4n) is 1.49. The Kier molecular flexibility index (Phi) is 3.81. The Balaban J connectivity index is 1.79. The number of ether oxygens (including phenoxy) is 1. The molecule has 0 radical (unpaired) electrons. The molecule has 1 aliphatic heterocycles. The van der Waals surface area contributed by atoms with Gasteiger partial charge >= 0.3 is 0 Å². The van der Waals surface area contributed by atoms with E-state index in [1.165, 1.54) is 11.3 Å². The number of amides is 1. The van der Waals surface area contributed by atoms with E-state index in [0.29, 0.717) is 24.8 Å². The Labute approximate surface area is 97.4 Å². The average Bonchev–Trinajstić information content (AvgIpc) is 2.65. The summed E-state index contributed by atoms with van der Waals surface area (Å²) in [5.41, 5.74) is 0. The first kappa shape index (κ1) is 11.4. The van der Waals surface area contributed by atoms with Gasteiger partial charge in [0.25, 0.3) is 0 Å². The maximum Gasteiger partial charge on any atom is 0.227 e. The summed E-state index contributed by atoms with van der Waals surface area (Å²) in [5.74, 6) is -0.0563. The average molecular weight is 242 g/mol. The van der Waals surface area contributed by atoms with Crippen LogP contribution in [0, 0.1) is 6.92 Å². The van der Waals surface area contributed by atoms with Crippen molar-refractivity contribution in [2.24, 2.45) is 0 Å². The third kappa shape index (κ3) is 3.22. The second-order valence-corrected chi connectivity index (χ2v) is 4.79. The van der Waals surface area contributed by atoms with Crippen LogP contribution in [0.3, 0.4) is 0 Å². The van der Waals surface area contributed by atoms with E-state index in [1.54, 1.807) is 0 Å². The van der Waals surface area contributed by atoms with Crippen LogP contribution in [0.2, 0.25) is 0 Å². The number of morpholine rings is 1. The van der Waals surface area contributed by atoms with Crippen molar-refractivity contribution < 1.29 is 9.53 Å². The van der Waals surface area contributed by atoms with Gasteiger partial charge in [-0.3, -0.25) is 4.79 Å². The lowest BCUT2D eigenvalue weighted by Crippen LogP contribution is -2.43. The highest BCUT2D eigenvalue weighted by molar-refractivity contribution is 7.15. The summed E-state index contributed by atoms with van der Waals surface area (Å²) >= 11 is 1.37. The van der Waals surface area contributed by atoms with E-state index in [-0.39, 0.29) is 11.9 Å². The lowest BCUT2D eigenvalue weighted by molar-refractivity contribution is -0.117. The van der Waals surface area contributed by atoms with Gasteiger partial charge in [0.2, 0.25) is 11.0 Å². The van der Waals surface area contributed by atoms with Gasteiger partial charge in [-0.15, -0.1) is 10.2 Å². The topological polar surface area (TPSA) is 76.1 Å². The smallest absolute Gasteiger partial charge is 0.227 e. The second kappa shape index (κ2) is 5.33. The van der Waals surface area contributed by atoms with Crippen LogP contribution in [0.25, 0.3) is 0 Å². The summed E-state index contributed by atoms with van der Waals surface area (Å²) in [6, 6.07) is 0.0998. The summed E-state index contributed by atoms with van der Waals surface area (Å²) in [5, 5.41) is 15.0. The van der Waals surface area contributed by atoms with Crippen molar-refractivity contribution in [2.45, 2.75) is 19.4 Å².